The molecule has 2 heterocycles. The maximum Gasteiger partial charge on any atom is 0.221 e. The summed E-state index contributed by atoms with van der Waals surface area (Å²) >= 11 is 0. The highest BCUT2D eigenvalue weighted by Crippen LogP contribution is 2.29. The minimum absolute atomic E-state index is 0.133. The van der Waals surface area contributed by atoms with Crippen LogP contribution in [0.4, 0.5) is 0 Å². The van der Waals surface area contributed by atoms with Gasteiger partial charge in [0.25, 0.3) is 0 Å². The Hall–Kier alpha value is -1.25. The summed E-state index contributed by atoms with van der Waals surface area (Å²) in [6.45, 7) is 2.08. The van der Waals surface area contributed by atoms with Crippen LogP contribution >= 0.6 is 0 Å². The Kier molecular flexibility index (Phi) is 2.08. The van der Waals surface area contributed by atoms with Crippen molar-refractivity contribution >= 4 is 5.91 Å². The lowest BCUT2D eigenvalue weighted by Crippen LogP contribution is -2.27. The van der Waals surface area contributed by atoms with Crippen LogP contribution in [0.25, 0.3) is 0 Å². The summed E-state index contributed by atoms with van der Waals surface area (Å²) < 4.78 is 5.31. The normalized spacial score (nSPS) is 27.6. The van der Waals surface area contributed by atoms with E-state index >= 15 is 0 Å². The van der Waals surface area contributed by atoms with Crippen LogP contribution < -0.4 is 5.32 Å². The van der Waals surface area contributed by atoms with E-state index in [0.717, 1.165) is 12.2 Å². The average molecular weight is 179 g/mol. The molecule has 0 aliphatic carbocycles. The number of carbonyl (C=O) groups excluding carboxylic acids is 1. The predicted octanol–water partition coefficient (Wildman–Crippen LogP) is 1.66. The van der Waals surface area contributed by atoms with Gasteiger partial charge in [-0.15, -0.1) is 0 Å². The number of hydrogen-bond donors (Lipinski definition) is 1. The molecule has 1 aromatic heterocycles. The molecular weight excluding hydrogens is 166 g/mol. The molecule has 3 heteroatoms. The molecule has 2 unspecified atom stereocenters. The van der Waals surface area contributed by atoms with Crippen LogP contribution in [0.2, 0.25) is 0 Å². The van der Waals surface area contributed by atoms with E-state index in [9.17, 15) is 4.79 Å². The van der Waals surface area contributed by atoms with Crippen LogP contribution in [0.3, 0.4) is 0 Å². The Morgan fingerprint density at radius 2 is 2.54 bits per heavy atom. The minimum Gasteiger partial charge on any atom is -0.469 e. The maximum absolute atomic E-state index is 11.2. The largest absolute Gasteiger partial charge is 0.469 e. The van der Waals surface area contributed by atoms with Gasteiger partial charge in [-0.25, -0.2) is 0 Å². The zero-order valence-electron chi connectivity index (χ0n) is 7.62. The molecule has 2 rings (SSSR count). The maximum atomic E-state index is 11.2. The smallest absolute Gasteiger partial charge is 0.221 e. The highest BCUT2D eigenvalue weighted by molar-refractivity contribution is 5.80. The zero-order valence-corrected chi connectivity index (χ0v) is 7.62. The topological polar surface area (TPSA) is 42.2 Å². The van der Waals surface area contributed by atoms with Crippen molar-refractivity contribution in [2.24, 2.45) is 0 Å². The first-order valence-electron chi connectivity index (χ1n) is 4.64. The van der Waals surface area contributed by atoms with Crippen LogP contribution in [0.15, 0.2) is 22.8 Å². The molecule has 0 spiro atoms. The van der Waals surface area contributed by atoms with Crippen LogP contribution in [-0.2, 0) is 4.79 Å². The first-order valence-corrected chi connectivity index (χ1v) is 4.64. The molecule has 0 bridgehead atoms. The highest BCUT2D eigenvalue weighted by Gasteiger charge is 2.33. The van der Waals surface area contributed by atoms with Crippen molar-refractivity contribution in [1.29, 1.82) is 0 Å². The van der Waals surface area contributed by atoms with E-state index in [-0.39, 0.29) is 17.9 Å². The van der Waals surface area contributed by atoms with E-state index in [1.165, 1.54) is 0 Å². The second-order valence-corrected chi connectivity index (χ2v) is 3.41. The first-order chi connectivity index (χ1) is 6.31. The molecule has 0 aromatic carbocycles. The van der Waals surface area contributed by atoms with Gasteiger partial charge in [-0.1, -0.05) is 6.92 Å². The van der Waals surface area contributed by atoms with Crippen molar-refractivity contribution in [3.05, 3.63) is 24.2 Å². The number of nitrogens with one attached hydrogen (secondary N) is 1. The van der Waals surface area contributed by atoms with Gasteiger partial charge < -0.3 is 9.73 Å². The number of amides is 1. The molecule has 1 saturated heterocycles. The summed E-state index contributed by atoms with van der Waals surface area (Å²) in [5.74, 6) is 1.28. The van der Waals surface area contributed by atoms with E-state index in [4.69, 9.17) is 4.42 Å². The number of furan rings is 1. The fourth-order valence-electron chi connectivity index (χ4n) is 1.90. The number of hydrogen-bond acceptors (Lipinski definition) is 2. The molecule has 1 aliphatic rings. The summed E-state index contributed by atoms with van der Waals surface area (Å²) in [5.41, 5.74) is 0. The quantitative estimate of drug-likeness (QED) is 0.750. The summed E-state index contributed by atoms with van der Waals surface area (Å²) in [6, 6.07) is 4.05. The van der Waals surface area contributed by atoms with Gasteiger partial charge in [-0.3, -0.25) is 4.79 Å². The third-order valence-corrected chi connectivity index (χ3v) is 2.59. The zero-order chi connectivity index (χ0) is 9.26. The summed E-state index contributed by atoms with van der Waals surface area (Å²) in [7, 11) is 0. The van der Waals surface area contributed by atoms with E-state index in [2.05, 4.69) is 12.2 Å². The molecule has 13 heavy (non-hydrogen) atoms. The minimum atomic E-state index is 0.133. The Morgan fingerprint density at radius 1 is 1.69 bits per heavy atom. The molecule has 1 aromatic rings. The van der Waals surface area contributed by atoms with Crippen LogP contribution in [0.1, 0.15) is 31.4 Å². The fraction of sp³-hybridized carbons (Fsp3) is 0.500. The van der Waals surface area contributed by atoms with Crippen molar-refractivity contribution in [3.8, 4) is 0 Å². The third kappa shape index (κ3) is 1.46. The van der Waals surface area contributed by atoms with Gasteiger partial charge in [0.15, 0.2) is 0 Å². The first kappa shape index (κ1) is 8.35. The van der Waals surface area contributed by atoms with Crippen molar-refractivity contribution in [2.45, 2.75) is 31.7 Å². The summed E-state index contributed by atoms with van der Waals surface area (Å²) in [6.07, 6.45) is 3.17. The molecule has 1 N–H and O–H groups in total. The van der Waals surface area contributed by atoms with E-state index < -0.39 is 0 Å². The Morgan fingerprint density at radius 3 is 3.15 bits per heavy atom. The van der Waals surface area contributed by atoms with Crippen LogP contribution in [0.5, 0.6) is 0 Å². The van der Waals surface area contributed by atoms with Gasteiger partial charge >= 0.3 is 0 Å². The van der Waals surface area contributed by atoms with E-state index in [1.54, 1.807) is 6.26 Å². The third-order valence-electron chi connectivity index (χ3n) is 2.59. The van der Waals surface area contributed by atoms with Crippen LogP contribution in [-0.4, -0.2) is 11.9 Å². The van der Waals surface area contributed by atoms with Gasteiger partial charge in [-0.2, -0.15) is 0 Å². The molecule has 0 saturated carbocycles. The monoisotopic (exact) mass is 179 g/mol. The lowest BCUT2D eigenvalue weighted by molar-refractivity contribution is -0.119. The van der Waals surface area contributed by atoms with Gasteiger partial charge in [0.1, 0.15) is 5.76 Å². The Balaban J connectivity index is 2.19. The molecular formula is C10H13NO2. The molecule has 1 aliphatic heterocycles. The van der Waals surface area contributed by atoms with Crippen molar-refractivity contribution < 1.29 is 9.21 Å². The number of carbonyl (C=O) groups is 1. The SMILES string of the molecule is CCC1NC(=O)CC1c1ccco1. The second kappa shape index (κ2) is 3.24. The molecule has 1 fully saturated rings. The lowest BCUT2D eigenvalue weighted by Gasteiger charge is -2.13. The lowest BCUT2D eigenvalue weighted by atomic mass is 9.96. The Labute approximate surface area is 77.1 Å². The van der Waals surface area contributed by atoms with Crippen molar-refractivity contribution in [3.63, 3.8) is 0 Å². The fourth-order valence-corrected chi connectivity index (χ4v) is 1.90. The van der Waals surface area contributed by atoms with Crippen molar-refractivity contribution in [1.82, 2.24) is 5.32 Å². The van der Waals surface area contributed by atoms with E-state index in [1.807, 2.05) is 12.1 Å². The predicted molar refractivity (Wildman–Crippen MR) is 48.3 cm³/mol. The average Bonchev–Trinajstić information content (AvgIpc) is 2.71. The second-order valence-electron chi connectivity index (χ2n) is 3.41. The summed E-state index contributed by atoms with van der Waals surface area (Å²) in [5, 5.41) is 2.94. The Bertz CT molecular complexity index is 292. The molecule has 3 nitrogen and oxygen atoms in total. The standard InChI is InChI=1S/C10H13NO2/c1-2-8-7(6-10(12)11-8)9-4-3-5-13-9/h3-5,7-8H,2,6H2,1H3,(H,11,12). The van der Waals surface area contributed by atoms with Gasteiger partial charge in [-0.05, 0) is 18.6 Å². The molecule has 70 valence electrons. The van der Waals surface area contributed by atoms with Gasteiger partial charge in [0.05, 0.1) is 6.26 Å². The van der Waals surface area contributed by atoms with Gasteiger partial charge in [0, 0.05) is 18.4 Å². The molecule has 2 atom stereocenters. The molecule has 1 amide bonds. The summed E-state index contributed by atoms with van der Waals surface area (Å²) in [4.78, 5) is 11.2. The van der Waals surface area contributed by atoms with Crippen molar-refractivity contribution in [2.75, 3.05) is 0 Å². The number of rotatable bonds is 2. The van der Waals surface area contributed by atoms with E-state index in [0.29, 0.717) is 6.42 Å². The van der Waals surface area contributed by atoms with Gasteiger partial charge in [0.2, 0.25) is 5.91 Å². The highest BCUT2D eigenvalue weighted by atomic mass is 16.3. The molecule has 0 radical (unpaired) electrons. The van der Waals surface area contributed by atoms with Crippen LogP contribution in [0, 0.1) is 0 Å².